The topological polar surface area (TPSA) is 66.4 Å². The molecule has 21 heavy (non-hydrogen) atoms. The Bertz CT molecular complexity index is 758. The highest BCUT2D eigenvalue weighted by molar-refractivity contribution is 9.11. The maximum absolute atomic E-state index is 12.5. The molecule has 2 rings (SSSR count). The molecule has 4 nitrogen and oxygen atoms in total. The second-order valence-corrected chi connectivity index (χ2v) is 8.34. The molecule has 0 aliphatic rings. The van der Waals surface area contributed by atoms with Crippen molar-refractivity contribution in [2.75, 3.05) is 4.72 Å². The third kappa shape index (κ3) is 3.87. The van der Waals surface area contributed by atoms with Gasteiger partial charge in [-0.05, 0) is 77.6 Å². The Kier molecular flexibility index (Phi) is 5.48. The lowest BCUT2D eigenvalue weighted by Gasteiger charge is -2.13. The van der Waals surface area contributed by atoms with E-state index in [9.17, 15) is 8.42 Å². The molecule has 0 aliphatic carbocycles. The summed E-state index contributed by atoms with van der Waals surface area (Å²) < 4.78 is 29.3. The van der Waals surface area contributed by atoms with Gasteiger partial charge in [0.25, 0.3) is 10.0 Å². The number of hydrogen-bond acceptors (Lipinski definition) is 3. The molecule has 8 heteroatoms. The van der Waals surface area contributed by atoms with E-state index in [1.54, 1.807) is 30.3 Å². The summed E-state index contributed by atoms with van der Waals surface area (Å²) in [5, 5.41) is 9.15. The summed E-state index contributed by atoms with van der Waals surface area (Å²) in [4.78, 5) is 0.0664. The maximum atomic E-state index is 12.5. The number of hydrogen-bond donors (Lipinski definition) is 2. The van der Waals surface area contributed by atoms with Gasteiger partial charge in [0.15, 0.2) is 0 Å². The average molecular weight is 500 g/mol. The quantitative estimate of drug-likeness (QED) is 0.660. The number of aliphatic hydroxyl groups is 1. The molecule has 112 valence electrons. The number of nitrogens with one attached hydrogen (secondary N) is 1. The standard InChI is InChI=1S/C13H10Br3NO3S/c14-9-5-4-8(7-18)6-12(9)21(19,20)17-13-10(15)2-1-3-11(13)16/h1-6,17-18H,7H2. The molecule has 0 atom stereocenters. The third-order valence-corrected chi connectivity index (χ3v) is 6.33. The summed E-state index contributed by atoms with van der Waals surface area (Å²) in [5.41, 5.74) is 0.934. The zero-order valence-electron chi connectivity index (χ0n) is 10.5. The molecular weight excluding hydrogens is 490 g/mol. The second kappa shape index (κ2) is 6.78. The van der Waals surface area contributed by atoms with E-state index in [0.717, 1.165) is 0 Å². The maximum Gasteiger partial charge on any atom is 0.263 e. The molecule has 0 spiro atoms. The first-order chi connectivity index (χ1) is 9.85. The number of anilines is 1. The summed E-state index contributed by atoms with van der Waals surface area (Å²) >= 11 is 9.84. The monoisotopic (exact) mass is 497 g/mol. The molecular formula is C13H10Br3NO3S. The molecule has 0 heterocycles. The Morgan fingerprint density at radius 1 is 1.00 bits per heavy atom. The molecule has 0 aromatic heterocycles. The van der Waals surface area contributed by atoms with Crippen molar-refractivity contribution in [1.29, 1.82) is 0 Å². The molecule has 0 radical (unpaired) electrons. The minimum atomic E-state index is -3.79. The molecule has 0 saturated heterocycles. The lowest BCUT2D eigenvalue weighted by Crippen LogP contribution is -2.14. The highest BCUT2D eigenvalue weighted by Crippen LogP contribution is 2.33. The van der Waals surface area contributed by atoms with Crippen molar-refractivity contribution in [3.05, 3.63) is 55.4 Å². The van der Waals surface area contributed by atoms with Crippen LogP contribution in [0, 0.1) is 0 Å². The molecule has 0 bridgehead atoms. The summed E-state index contributed by atoms with van der Waals surface area (Å²) in [7, 11) is -3.79. The normalized spacial score (nSPS) is 11.4. The van der Waals surface area contributed by atoms with Crippen molar-refractivity contribution < 1.29 is 13.5 Å². The smallest absolute Gasteiger partial charge is 0.263 e. The number of para-hydroxylation sites is 1. The average Bonchev–Trinajstić information content (AvgIpc) is 2.43. The van der Waals surface area contributed by atoms with Crippen LogP contribution in [0.25, 0.3) is 0 Å². The Labute approximate surface area is 148 Å². The molecule has 2 aromatic carbocycles. The predicted molar refractivity (Wildman–Crippen MR) is 92.7 cm³/mol. The van der Waals surface area contributed by atoms with Crippen LogP contribution in [-0.2, 0) is 16.6 Å². The highest BCUT2D eigenvalue weighted by Gasteiger charge is 2.20. The van der Waals surface area contributed by atoms with Crippen LogP contribution in [-0.4, -0.2) is 13.5 Å². The number of benzene rings is 2. The van der Waals surface area contributed by atoms with Crippen LogP contribution >= 0.6 is 47.8 Å². The first kappa shape index (κ1) is 17.0. The van der Waals surface area contributed by atoms with E-state index >= 15 is 0 Å². The van der Waals surface area contributed by atoms with E-state index < -0.39 is 10.0 Å². The van der Waals surface area contributed by atoms with Gasteiger partial charge in [-0.3, -0.25) is 4.72 Å². The fourth-order valence-electron chi connectivity index (χ4n) is 1.64. The molecule has 0 unspecified atom stereocenters. The van der Waals surface area contributed by atoms with Gasteiger partial charge in [0.1, 0.15) is 4.90 Å². The van der Waals surface area contributed by atoms with Gasteiger partial charge >= 0.3 is 0 Å². The molecule has 0 aliphatic heterocycles. The van der Waals surface area contributed by atoms with Gasteiger partial charge < -0.3 is 5.11 Å². The van der Waals surface area contributed by atoms with E-state index in [2.05, 4.69) is 52.5 Å². The van der Waals surface area contributed by atoms with E-state index in [-0.39, 0.29) is 11.5 Å². The number of rotatable bonds is 4. The van der Waals surface area contributed by atoms with Crippen LogP contribution in [0.5, 0.6) is 0 Å². The Balaban J connectivity index is 2.48. The predicted octanol–water partition coefficient (Wildman–Crippen LogP) is 4.27. The highest BCUT2D eigenvalue weighted by atomic mass is 79.9. The van der Waals surface area contributed by atoms with Crippen LogP contribution < -0.4 is 4.72 Å². The van der Waals surface area contributed by atoms with Gasteiger partial charge in [-0.15, -0.1) is 0 Å². The van der Waals surface area contributed by atoms with Gasteiger partial charge in [0, 0.05) is 13.4 Å². The second-order valence-electron chi connectivity index (χ2n) is 4.13. The Morgan fingerprint density at radius 2 is 1.62 bits per heavy atom. The van der Waals surface area contributed by atoms with Crippen molar-refractivity contribution in [3.8, 4) is 0 Å². The van der Waals surface area contributed by atoms with Crippen LogP contribution in [0.15, 0.2) is 54.7 Å². The SMILES string of the molecule is O=S(=O)(Nc1c(Br)cccc1Br)c1cc(CO)ccc1Br. The van der Waals surface area contributed by atoms with Gasteiger partial charge in [-0.25, -0.2) is 8.42 Å². The fourth-order valence-corrected chi connectivity index (χ4v) is 5.21. The molecule has 2 N–H and O–H groups in total. The Hall–Kier alpha value is -0.410. The van der Waals surface area contributed by atoms with Crippen LogP contribution in [0.4, 0.5) is 5.69 Å². The van der Waals surface area contributed by atoms with Crippen LogP contribution in [0.2, 0.25) is 0 Å². The van der Waals surface area contributed by atoms with E-state index in [4.69, 9.17) is 5.11 Å². The summed E-state index contributed by atoms with van der Waals surface area (Å²) in [6.07, 6.45) is 0. The zero-order valence-corrected chi connectivity index (χ0v) is 16.1. The van der Waals surface area contributed by atoms with Crippen molar-refractivity contribution in [3.63, 3.8) is 0 Å². The molecule has 0 saturated carbocycles. The lowest BCUT2D eigenvalue weighted by atomic mass is 10.2. The third-order valence-electron chi connectivity index (χ3n) is 2.67. The van der Waals surface area contributed by atoms with Crippen molar-refractivity contribution in [2.24, 2.45) is 0 Å². The van der Waals surface area contributed by atoms with E-state index in [1.807, 2.05) is 0 Å². The lowest BCUT2D eigenvalue weighted by molar-refractivity contribution is 0.281. The zero-order chi connectivity index (χ0) is 15.6. The first-order valence-electron chi connectivity index (χ1n) is 5.71. The van der Waals surface area contributed by atoms with Gasteiger partial charge in [0.05, 0.1) is 12.3 Å². The largest absolute Gasteiger partial charge is 0.392 e. The molecule has 0 amide bonds. The molecule has 0 fully saturated rings. The summed E-state index contributed by atoms with van der Waals surface area (Å²) in [6.45, 7) is -0.228. The van der Waals surface area contributed by atoms with Crippen molar-refractivity contribution >= 4 is 63.5 Å². The van der Waals surface area contributed by atoms with Crippen LogP contribution in [0.1, 0.15) is 5.56 Å². The minimum Gasteiger partial charge on any atom is -0.392 e. The van der Waals surface area contributed by atoms with Gasteiger partial charge in [-0.1, -0.05) is 12.1 Å². The number of sulfonamides is 1. The van der Waals surface area contributed by atoms with Gasteiger partial charge in [-0.2, -0.15) is 0 Å². The minimum absolute atomic E-state index is 0.0664. The molecule has 2 aromatic rings. The van der Waals surface area contributed by atoms with E-state index in [1.165, 1.54) is 6.07 Å². The Morgan fingerprint density at radius 3 is 2.19 bits per heavy atom. The first-order valence-corrected chi connectivity index (χ1v) is 9.57. The van der Waals surface area contributed by atoms with E-state index in [0.29, 0.717) is 24.7 Å². The van der Waals surface area contributed by atoms with Gasteiger partial charge in [0.2, 0.25) is 0 Å². The summed E-state index contributed by atoms with van der Waals surface area (Å²) in [6, 6.07) is 9.93. The van der Waals surface area contributed by atoms with Crippen LogP contribution in [0.3, 0.4) is 0 Å². The summed E-state index contributed by atoms with van der Waals surface area (Å²) in [5.74, 6) is 0. The van der Waals surface area contributed by atoms with Crippen molar-refractivity contribution in [1.82, 2.24) is 0 Å². The number of aliphatic hydroxyl groups excluding tert-OH is 1. The van der Waals surface area contributed by atoms with Crippen molar-refractivity contribution in [2.45, 2.75) is 11.5 Å². The fraction of sp³-hybridized carbons (Fsp3) is 0.0769. The number of halogens is 3.